The third kappa shape index (κ3) is 2.71. The van der Waals surface area contributed by atoms with Gasteiger partial charge in [-0.3, -0.25) is 0 Å². The maximum atomic E-state index is 9.37. The van der Waals surface area contributed by atoms with Crippen LogP contribution in [0.3, 0.4) is 0 Å². The van der Waals surface area contributed by atoms with E-state index >= 15 is 0 Å². The molecule has 0 aromatic heterocycles. The fourth-order valence-electron chi connectivity index (χ4n) is 1.14. The van der Waals surface area contributed by atoms with Gasteiger partial charge in [-0.15, -0.1) is 0 Å². The molecule has 0 atom stereocenters. The van der Waals surface area contributed by atoms with Gasteiger partial charge in [-0.25, -0.2) is 0 Å². The van der Waals surface area contributed by atoms with E-state index in [0.717, 1.165) is 15.4 Å². The molecule has 0 aliphatic heterocycles. The van der Waals surface area contributed by atoms with E-state index in [1.54, 1.807) is 6.07 Å². The Balaban J connectivity index is 2.90. The van der Waals surface area contributed by atoms with Crippen LogP contribution in [0.2, 0.25) is 0 Å². The molecule has 0 bridgehead atoms. The van der Waals surface area contributed by atoms with Gasteiger partial charge in [0.15, 0.2) is 0 Å². The highest BCUT2D eigenvalue weighted by molar-refractivity contribution is 9.13. The van der Waals surface area contributed by atoms with Crippen molar-refractivity contribution in [3.05, 3.63) is 26.6 Å². The SMILES string of the molecule is CCCCc1ccc(O)c(Br)c1Br. The summed E-state index contributed by atoms with van der Waals surface area (Å²) in [6.07, 6.45) is 3.41. The summed E-state index contributed by atoms with van der Waals surface area (Å²) in [6.45, 7) is 2.17. The molecule has 0 saturated carbocycles. The summed E-state index contributed by atoms with van der Waals surface area (Å²) in [5.41, 5.74) is 1.24. The molecule has 1 N–H and O–H groups in total. The van der Waals surface area contributed by atoms with Crippen molar-refractivity contribution >= 4 is 31.9 Å². The van der Waals surface area contributed by atoms with Gasteiger partial charge in [0.05, 0.1) is 4.47 Å². The smallest absolute Gasteiger partial charge is 0.130 e. The standard InChI is InChI=1S/C10H12Br2O/c1-2-3-4-7-5-6-8(13)10(12)9(7)11/h5-6,13H,2-4H2,1H3. The van der Waals surface area contributed by atoms with E-state index in [9.17, 15) is 5.11 Å². The van der Waals surface area contributed by atoms with Crippen LogP contribution in [0.4, 0.5) is 0 Å². The monoisotopic (exact) mass is 306 g/mol. The van der Waals surface area contributed by atoms with Crippen LogP contribution in [-0.2, 0) is 6.42 Å². The minimum absolute atomic E-state index is 0.284. The van der Waals surface area contributed by atoms with Crippen LogP contribution < -0.4 is 0 Å². The Labute approximate surface area is 95.4 Å². The van der Waals surface area contributed by atoms with Gasteiger partial charge in [0.1, 0.15) is 5.75 Å². The number of aromatic hydroxyl groups is 1. The number of phenolic OH excluding ortho intramolecular Hbond substituents is 1. The number of halogens is 2. The van der Waals surface area contributed by atoms with Crippen LogP contribution in [0.5, 0.6) is 5.75 Å². The topological polar surface area (TPSA) is 20.2 Å². The third-order valence-electron chi connectivity index (χ3n) is 1.94. The molecule has 0 aliphatic carbocycles. The molecule has 0 radical (unpaired) electrons. The highest BCUT2D eigenvalue weighted by Gasteiger charge is 2.07. The van der Waals surface area contributed by atoms with Gasteiger partial charge >= 0.3 is 0 Å². The summed E-state index contributed by atoms with van der Waals surface area (Å²) in [7, 11) is 0. The van der Waals surface area contributed by atoms with Crippen molar-refractivity contribution in [1.82, 2.24) is 0 Å². The molecule has 13 heavy (non-hydrogen) atoms. The van der Waals surface area contributed by atoms with Gasteiger partial charge in [-0.05, 0) is 56.3 Å². The number of phenols is 1. The van der Waals surface area contributed by atoms with E-state index in [4.69, 9.17) is 0 Å². The number of unbranched alkanes of at least 4 members (excludes halogenated alkanes) is 1. The summed E-state index contributed by atoms with van der Waals surface area (Å²) < 4.78 is 1.72. The maximum absolute atomic E-state index is 9.37. The Morgan fingerprint density at radius 3 is 2.54 bits per heavy atom. The lowest BCUT2D eigenvalue weighted by Crippen LogP contribution is -1.87. The number of rotatable bonds is 3. The van der Waals surface area contributed by atoms with E-state index < -0.39 is 0 Å². The molecule has 0 amide bonds. The van der Waals surface area contributed by atoms with Crippen LogP contribution in [0.25, 0.3) is 0 Å². The minimum atomic E-state index is 0.284. The quantitative estimate of drug-likeness (QED) is 0.884. The molecule has 3 heteroatoms. The Morgan fingerprint density at radius 2 is 1.92 bits per heavy atom. The average Bonchev–Trinajstić information content (AvgIpc) is 2.13. The van der Waals surface area contributed by atoms with Gasteiger partial charge in [-0.1, -0.05) is 19.4 Å². The summed E-state index contributed by atoms with van der Waals surface area (Å²) in [6, 6.07) is 3.68. The average molecular weight is 308 g/mol. The van der Waals surface area contributed by atoms with Crippen molar-refractivity contribution in [3.8, 4) is 5.75 Å². The van der Waals surface area contributed by atoms with Crippen LogP contribution in [0.1, 0.15) is 25.3 Å². The molecule has 1 aromatic carbocycles. The van der Waals surface area contributed by atoms with Crippen molar-refractivity contribution in [2.45, 2.75) is 26.2 Å². The van der Waals surface area contributed by atoms with Gasteiger partial charge < -0.3 is 5.11 Å². The van der Waals surface area contributed by atoms with Gasteiger partial charge in [0, 0.05) is 4.47 Å². The second kappa shape index (κ2) is 5.01. The van der Waals surface area contributed by atoms with Crippen LogP contribution >= 0.6 is 31.9 Å². The lowest BCUT2D eigenvalue weighted by Gasteiger charge is -2.06. The molecule has 0 heterocycles. The minimum Gasteiger partial charge on any atom is -0.507 e. The summed E-state index contributed by atoms with van der Waals surface area (Å²) in [5.74, 6) is 0.284. The fourth-order valence-corrected chi connectivity index (χ4v) is 2.06. The predicted molar refractivity (Wildman–Crippen MR) is 62.1 cm³/mol. The molecular weight excluding hydrogens is 296 g/mol. The highest BCUT2D eigenvalue weighted by Crippen LogP contribution is 2.34. The molecule has 72 valence electrons. The molecular formula is C10H12Br2O. The number of hydrogen-bond donors (Lipinski definition) is 1. The number of aryl methyl sites for hydroxylation is 1. The first-order valence-electron chi connectivity index (χ1n) is 4.32. The third-order valence-corrected chi connectivity index (χ3v) is 4.18. The lowest BCUT2D eigenvalue weighted by molar-refractivity contribution is 0.471. The highest BCUT2D eigenvalue weighted by atomic mass is 79.9. The second-order valence-corrected chi connectivity index (χ2v) is 4.56. The zero-order valence-corrected chi connectivity index (χ0v) is 10.7. The van der Waals surface area contributed by atoms with Crippen molar-refractivity contribution in [2.24, 2.45) is 0 Å². The molecule has 0 aliphatic rings. The van der Waals surface area contributed by atoms with Crippen LogP contribution in [-0.4, -0.2) is 5.11 Å². The Hall–Kier alpha value is -0.0200. The van der Waals surface area contributed by atoms with E-state index in [1.807, 2.05) is 6.07 Å². The van der Waals surface area contributed by atoms with Crippen molar-refractivity contribution in [1.29, 1.82) is 0 Å². The van der Waals surface area contributed by atoms with E-state index in [1.165, 1.54) is 18.4 Å². The summed E-state index contributed by atoms with van der Waals surface area (Å²) in [5, 5.41) is 9.37. The molecule has 1 aromatic rings. The summed E-state index contributed by atoms with van der Waals surface area (Å²) in [4.78, 5) is 0. The molecule has 0 saturated heterocycles. The Morgan fingerprint density at radius 1 is 1.23 bits per heavy atom. The lowest BCUT2D eigenvalue weighted by atomic mass is 10.1. The summed E-state index contributed by atoms with van der Waals surface area (Å²) >= 11 is 6.78. The molecule has 0 spiro atoms. The zero-order valence-electron chi connectivity index (χ0n) is 7.48. The van der Waals surface area contributed by atoms with E-state index in [0.29, 0.717) is 0 Å². The van der Waals surface area contributed by atoms with Gasteiger partial charge in [0.25, 0.3) is 0 Å². The first kappa shape index (κ1) is 11.1. The second-order valence-electron chi connectivity index (χ2n) is 2.98. The maximum Gasteiger partial charge on any atom is 0.130 e. The molecule has 1 nitrogen and oxygen atoms in total. The number of hydrogen-bond acceptors (Lipinski definition) is 1. The van der Waals surface area contributed by atoms with Gasteiger partial charge in [0.2, 0.25) is 0 Å². The predicted octanol–water partition coefficient (Wildman–Crippen LogP) is 4.26. The zero-order chi connectivity index (χ0) is 9.84. The van der Waals surface area contributed by atoms with Crippen LogP contribution in [0, 0.1) is 0 Å². The van der Waals surface area contributed by atoms with E-state index in [2.05, 4.69) is 38.8 Å². The largest absolute Gasteiger partial charge is 0.507 e. The molecule has 0 fully saturated rings. The Bertz CT molecular complexity index is 297. The fraction of sp³-hybridized carbons (Fsp3) is 0.400. The first-order chi connectivity index (χ1) is 6.16. The number of benzene rings is 1. The van der Waals surface area contributed by atoms with Crippen molar-refractivity contribution < 1.29 is 5.11 Å². The van der Waals surface area contributed by atoms with E-state index in [-0.39, 0.29) is 5.75 Å². The first-order valence-corrected chi connectivity index (χ1v) is 5.91. The van der Waals surface area contributed by atoms with Crippen LogP contribution in [0.15, 0.2) is 21.1 Å². The molecule has 0 unspecified atom stereocenters. The Kier molecular flexibility index (Phi) is 4.26. The van der Waals surface area contributed by atoms with Crippen molar-refractivity contribution in [2.75, 3.05) is 0 Å². The van der Waals surface area contributed by atoms with Gasteiger partial charge in [-0.2, -0.15) is 0 Å². The van der Waals surface area contributed by atoms with Crippen molar-refractivity contribution in [3.63, 3.8) is 0 Å². The normalized spacial score (nSPS) is 10.4. The molecule has 1 rings (SSSR count).